The van der Waals surface area contributed by atoms with Gasteiger partial charge in [0, 0.05) is 25.6 Å². The molecule has 3 rings (SSSR count). The molecule has 0 saturated carbocycles. The number of ether oxygens (including phenoxy) is 1. The van der Waals surface area contributed by atoms with Crippen LogP contribution >= 0.6 is 0 Å². The Labute approximate surface area is 171 Å². The van der Waals surface area contributed by atoms with Crippen molar-refractivity contribution in [2.75, 3.05) is 25.5 Å². The number of amides is 1. The number of carbonyl (C=O) groups is 1. The van der Waals surface area contributed by atoms with Crippen molar-refractivity contribution in [3.05, 3.63) is 24.0 Å². The lowest BCUT2D eigenvalue weighted by Gasteiger charge is -2.17. The number of hydrogen-bond donors (Lipinski definition) is 2. The third-order valence-corrected chi connectivity index (χ3v) is 4.60. The van der Waals surface area contributed by atoms with E-state index in [1.165, 1.54) is 0 Å². The molecule has 2 heterocycles. The predicted molar refractivity (Wildman–Crippen MR) is 114 cm³/mol. The molecule has 2 aromatic heterocycles. The second kappa shape index (κ2) is 8.63. The molecule has 156 valence electrons. The zero-order valence-electron chi connectivity index (χ0n) is 17.9. The van der Waals surface area contributed by atoms with Gasteiger partial charge in [-0.1, -0.05) is 20.8 Å². The minimum atomic E-state index is 0.0117. The van der Waals surface area contributed by atoms with Crippen LogP contribution < -0.4 is 15.4 Å². The van der Waals surface area contributed by atoms with Crippen molar-refractivity contribution in [3.8, 4) is 5.75 Å². The lowest BCUT2D eigenvalue weighted by molar-refractivity contribution is -0.122. The van der Waals surface area contributed by atoms with Gasteiger partial charge in [0.25, 0.3) is 0 Å². The Bertz CT molecular complexity index is 1010. The first-order chi connectivity index (χ1) is 13.8. The number of methoxy groups -OCH3 is 1. The zero-order chi connectivity index (χ0) is 21.0. The van der Waals surface area contributed by atoms with Gasteiger partial charge < -0.3 is 15.4 Å². The molecule has 0 spiro atoms. The average Bonchev–Trinajstić information content (AvgIpc) is 3.04. The van der Waals surface area contributed by atoms with Gasteiger partial charge >= 0.3 is 0 Å². The molecule has 0 aliphatic rings. The molecule has 0 radical (unpaired) electrons. The first kappa shape index (κ1) is 20.8. The van der Waals surface area contributed by atoms with Gasteiger partial charge in [-0.2, -0.15) is 0 Å². The highest BCUT2D eigenvalue weighted by Gasteiger charge is 2.15. The molecule has 0 saturated heterocycles. The predicted octanol–water partition coefficient (Wildman–Crippen LogP) is 3.34. The number of aromatic nitrogens is 4. The summed E-state index contributed by atoms with van der Waals surface area (Å²) < 4.78 is 7.32. The van der Waals surface area contributed by atoms with Gasteiger partial charge in [0.15, 0.2) is 5.82 Å². The molecular weight excluding hydrogens is 368 g/mol. The number of nitrogens with one attached hydrogen (secondary N) is 2. The summed E-state index contributed by atoms with van der Waals surface area (Å²) in [5.41, 5.74) is 2.48. The second-order valence-electron chi connectivity index (χ2n) is 8.44. The van der Waals surface area contributed by atoms with Crippen molar-refractivity contribution in [2.24, 2.45) is 5.41 Å². The number of anilines is 1. The summed E-state index contributed by atoms with van der Waals surface area (Å²) in [6, 6.07) is 5.78. The van der Waals surface area contributed by atoms with Gasteiger partial charge in [0.2, 0.25) is 11.6 Å². The normalized spacial score (nSPS) is 11.8. The van der Waals surface area contributed by atoms with Crippen molar-refractivity contribution in [1.29, 1.82) is 0 Å². The topological polar surface area (TPSA) is 93.4 Å². The molecule has 0 bridgehead atoms. The Hall–Kier alpha value is -2.90. The van der Waals surface area contributed by atoms with E-state index >= 15 is 0 Å². The van der Waals surface area contributed by atoms with Crippen LogP contribution in [0.4, 0.5) is 5.82 Å². The van der Waals surface area contributed by atoms with Crippen molar-refractivity contribution in [2.45, 2.75) is 47.0 Å². The summed E-state index contributed by atoms with van der Waals surface area (Å²) in [6.45, 7) is 9.53. The quantitative estimate of drug-likeness (QED) is 0.565. The van der Waals surface area contributed by atoms with Gasteiger partial charge in [0.05, 0.1) is 18.1 Å². The van der Waals surface area contributed by atoms with E-state index in [0.29, 0.717) is 24.4 Å². The van der Waals surface area contributed by atoms with E-state index in [1.807, 2.05) is 29.5 Å². The van der Waals surface area contributed by atoms with Crippen molar-refractivity contribution in [3.63, 3.8) is 0 Å². The molecule has 0 fully saturated rings. The number of nitrogens with zero attached hydrogens (tertiary/aromatic N) is 4. The summed E-state index contributed by atoms with van der Waals surface area (Å²) in [5, 5.41) is 14.8. The standard InChI is InChI=1S/C21H30N6O2/c1-14-25-26-20-19(23-11-7-6-10-22-18(28)13-21(2,3)4)24-16-12-15(29-5)8-9-17(16)27(14)20/h8-9,12H,6-7,10-11,13H2,1-5H3,(H,22,28)(H,23,24). The molecule has 1 amide bonds. The van der Waals surface area contributed by atoms with Gasteiger partial charge in [-0.25, -0.2) is 4.98 Å². The Morgan fingerprint density at radius 3 is 2.66 bits per heavy atom. The van der Waals surface area contributed by atoms with E-state index in [2.05, 4.69) is 41.6 Å². The van der Waals surface area contributed by atoms with Crippen LogP contribution in [0.2, 0.25) is 0 Å². The van der Waals surface area contributed by atoms with Gasteiger partial charge in [0.1, 0.15) is 11.6 Å². The number of hydrogen-bond acceptors (Lipinski definition) is 6. The van der Waals surface area contributed by atoms with Gasteiger partial charge in [-0.3, -0.25) is 9.20 Å². The smallest absolute Gasteiger partial charge is 0.220 e. The van der Waals surface area contributed by atoms with Crippen molar-refractivity contribution >= 4 is 28.4 Å². The molecule has 1 aromatic carbocycles. The molecule has 8 heteroatoms. The fourth-order valence-electron chi connectivity index (χ4n) is 3.23. The molecule has 0 atom stereocenters. The van der Waals surface area contributed by atoms with Crippen LogP contribution in [0.3, 0.4) is 0 Å². The SMILES string of the molecule is COc1ccc2c(c1)nc(NCCCCNC(=O)CC(C)(C)C)c1nnc(C)n12. The monoisotopic (exact) mass is 398 g/mol. The van der Waals surface area contributed by atoms with Crippen LogP contribution in [0, 0.1) is 12.3 Å². The number of benzene rings is 1. The second-order valence-corrected chi connectivity index (χ2v) is 8.44. The van der Waals surface area contributed by atoms with Crippen LogP contribution in [0.25, 0.3) is 16.7 Å². The van der Waals surface area contributed by atoms with E-state index in [1.54, 1.807) is 7.11 Å². The maximum Gasteiger partial charge on any atom is 0.220 e. The Morgan fingerprint density at radius 1 is 1.17 bits per heavy atom. The fraction of sp³-hybridized carbons (Fsp3) is 0.524. The van der Waals surface area contributed by atoms with E-state index in [0.717, 1.165) is 42.0 Å². The number of aryl methyl sites for hydroxylation is 1. The average molecular weight is 399 g/mol. The highest BCUT2D eigenvalue weighted by atomic mass is 16.5. The lowest BCUT2D eigenvalue weighted by Crippen LogP contribution is -2.28. The molecule has 0 unspecified atom stereocenters. The van der Waals surface area contributed by atoms with Crippen LogP contribution in [0.5, 0.6) is 5.75 Å². The summed E-state index contributed by atoms with van der Waals surface area (Å²) in [7, 11) is 1.64. The summed E-state index contributed by atoms with van der Waals surface area (Å²) in [5.74, 6) is 2.37. The largest absolute Gasteiger partial charge is 0.497 e. The third-order valence-electron chi connectivity index (χ3n) is 4.60. The Kier molecular flexibility index (Phi) is 6.20. The number of unbranched alkanes of at least 4 members (excludes halogenated alkanes) is 1. The summed E-state index contributed by atoms with van der Waals surface area (Å²) in [6.07, 6.45) is 2.35. The zero-order valence-corrected chi connectivity index (χ0v) is 17.9. The fourth-order valence-corrected chi connectivity index (χ4v) is 3.23. The minimum Gasteiger partial charge on any atom is -0.497 e. The molecule has 8 nitrogen and oxygen atoms in total. The molecule has 2 N–H and O–H groups in total. The van der Waals surface area contributed by atoms with E-state index in [9.17, 15) is 4.79 Å². The summed E-state index contributed by atoms with van der Waals surface area (Å²) >= 11 is 0. The van der Waals surface area contributed by atoms with E-state index in [4.69, 9.17) is 9.72 Å². The Balaban J connectivity index is 1.62. The van der Waals surface area contributed by atoms with Crippen LogP contribution in [0.1, 0.15) is 45.9 Å². The maximum atomic E-state index is 11.9. The van der Waals surface area contributed by atoms with Crippen LogP contribution in [-0.4, -0.2) is 45.7 Å². The van der Waals surface area contributed by atoms with Crippen LogP contribution in [-0.2, 0) is 4.79 Å². The van der Waals surface area contributed by atoms with Crippen molar-refractivity contribution < 1.29 is 9.53 Å². The third kappa shape index (κ3) is 5.13. The first-order valence-corrected chi connectivity index (χ1v) is 9.98. The van der Waals surface area contributed by atoms with Crippen molar-refractivity contribution in [1.82, 2.24) is 24.9 Å². The van der Waals surface area contributed by atoms with Gasteiger partial charge in [-0.05, 0) is 37.3 Å². The van der Waals surface area contributed by atoms with Crippen LogP contribution in [0.15, 0.2) is 18.2 Å². The lowest BCUT2D eigenvalue weighted by atomic mass is 9.92. The maximum absolute atomic E-state index is 11.9. The first-order valence-electron chi connectivity index (χ1n) is 9.98. The number of carbonyl (C=O) groups excluding carboxylic acids is 1. The molecule has 0 aliphatic heterocycles. The van der Waals surface area contributed by atoms with E-state index < -0.39 is 0 Å². The molecule has 0 aliphatic carbocycles. The van der Waals surface area contributed by atoms with Gasteiger partial charge in [-0.15, -0.1) is 10.2 Å². The highest BCUT2D eigenvalue weighted by Crippen LogP contribution is 2.25. The van der Waals surface area contributed by atoms with E-state index in [-0.39, 0.29) is 11.3 Å². The molecule has 29 heavy (non-hydrogen) atoms. The molecular formula is C21H30N6O2. The minimum absolute atomic E-state index is 0.0117. The summed E-state index contributed by atoms with van der Waals surface area (Å²) in [4.78, 5) is 16.6. The number of rotatable bonds is 8. The Morgan fingerprint density at radius 2 is 1.93 bits per heavy atom. The molecule has 3 aromatic rings. The number of fused-ring (bicyclic) bond motifs is 3. The highest BCUT2D eigenvalue weighted by molar-refractivity contribution is 5.84.